The summed E-state index contributed by atoms with van der Waals surface area (Å²) in [7, 11) is 0. The van der Waals surface area contributed by atoms with Crippen LogP contribution in [0.3, 0.4) is 0 Å². The Morgan fingerprint density at radius 3 is 2.86 bits per heavy atom. The second kappa shape index (κ2) is 8.53. The molecule has 1 aromatic heterocycles. The number of fused-ring (bicyclic) bond motifs is 1. The smallest absolute Gasteiger partial charge is 0.233 e. The summed E-state index contributed by atoms with van der Waals surface area (Å²) in [5.74, 6) is -0.371. The quantitative estimate of drug-likeness (QED) is 0.549. The molecule has 0 saturated carbocycles. The normalized spacial score (nSPS) is 16.0. The molecular weight excluding hydrogens is 384 g/mol. The lowest BCUT2D eigenvalue weighted by Gasteiger charge is -2.20. The first-order valence-electron chi connectivity index (χ1n) is 9.62. The van der Waals surface area contributed by atoms with E-state index in [1.54, 1.807) is 0 Å². The number of thiazole rings is 1. The number of rotatable bonds is 5. The number of aromatic nitrogens is 1. The van der Waals surface area contributed by atoms with Crippen LogP contribution < -0.4 is 5.32 Å². The number of carbonyl (C=O) groups is 1. The Morgan fingerprint density at radius 1 is 1.24 bits per heavy atom. The molecule has 3 aromatic rings. The number of hydrogen-bond donors (Lipinski definition) is 2. The Kier molecular flexibility index (Phi) is 5.67. The maximum atomic E-state index is 12.3. The molecule has 29 heavy (non-hydrogen) atoms. The number of nitrogens with zero attached hydrogens (tertiary/aromatic N) is 3. The van der Waals surface area contributed by atoms with Crippen molar-refractivity contribution in [1.82, 2.24) is 4.98 Å². The fourth-order valence-electron chi connectivity index (χ4n) is 3.44. The number of anilines is 1. The van der Waals surface area contributed by atoms with E-state index in [4.69, 9.17) is 0 Å². The van der Waals surface area contributed by atoms with E-state index in [2.05, 4.69) is 32.7 Å². The van der Waals surface area contributed by atoms with Gasteiger partial charge in [-0.25, -0.2) is 0 Å². The molecule has 0 aliphatic heterocycles. The van der Waals surface area contributed by atoms with Crippen LogP contribution in [0.5, 0.6) is 5.88 Å². The number of aryl methyl sites for hydroxylation is 2. The SMILES string of the molecule is Cc1ccc(NC(=O)Cc2sc(N=NC3CCCc4ccccc43)nc2O)cc1. The van der Waals surface area contributed by atoms with Gasteiger partial charge in [0.05, 0.1) is 17.3 Å². The van der Waals surface area contributed by atoms with Crippen molar-refractivity contribution < 1.29 is 9.90 Å². The minimum Gasteiger partial charge on any atom is -0.492 e. The van der Waals surface area contributed by atoms with Gasteiger partial charge in [0.15, 0.2) is 0 Å². The molecule has 2 N–H and O–H groups in total. The van der Waals surface area contributed by atoms with Crippen LogP contribution in [0.1, 0.15) is 40.5 Å². The molecule has 1 aliphatic carbocycles. The number of carbonyl (C=O) groups excluding carboxylic acids is 1. The second-order valence-corrected chi connectivity index (χ2v) is 8.22. The van der Waals surface area contributed by atoms with E-state index in [-0.39, 0.29) is 24.2 Å². The monoisotopic (exact) mass is 406 g/mol. The van der Waals surface area contributed by atoms with Crippen molar-refractivity contribution in [3.63, 3.8) is 0 Å². The Balaban J connectivity index is 1.42. The average Bonchev–Trinajstić information content (AvgIpc) is 3.07. The molecule has 1 amide bonds. The summed E-state index contributed by atoms with van der Waals surface area (Å²) in [5, 5.41) is 22.0. The van der Waals surface area contributed by atoms with Crippen molar-refractivity contribution in [3.05, 3.63) is 70.1 Å². The lowest BCUT2D eigenvalue weighted by molar-refractivity contribution is -0.115. The number of nitrogens with one attached hydrogen (secondary N) is 1. The van der Waals surface area contributed by atoms with Crippen molar-refractivity contribution in [1.29, 1.82) is 0 Å². The lowest BCUT2D eigenvalue weighted by atomic mass is 9.88. The standard InChI is InChI=1S/C22H22N4O2S/c1-14-9-11-16(12-10-14)23-20(27)13-19-21(28)24-22(29-19)26-25-18-8-4-6-15-5-2-3-7-17(15)18/h2-3,5,7,9-12,18,28H,4,6,8,13H2,1H3,(H,23,27). The summed E-state index contributed by atoms with van der Waals surface area (Å²) >= 11 is 1.19. The summed E-state index contributed by atoms with van der Waals surface area (Å²) in [4.78, 5) is 16.8. The fraction of sp³-hybridized carbons (Fsp3) is 0.273. The Bertz CT molecular complexity index is 1040. The maximum Gasteiger partial charge on any atom is 0.233 e. The zero-order valence-corrected chi connectivity index (χ0v) is 16.9. The number of aromatic hydroxyl groups is 1. The van der Waals surface area contributed by atoms with Gasteiger partial charge >= 0.3 is 0 Å². The molecule has 1 heterocycles. The van der Waals surface area contributed by atoms with Gasteiger partial charge in [0.1, 0.15) is 0 Å². The minimum atomic E-state index is -0.211. The van der Waals surface area contributed by atoms with E-state index in [1.807, 2.05) is 43.3 Å². The number of benzene rings is 2. The highest BCUT2D eigenvalue weighted by molar-refractivity contribution is 7.15. The van der Waals surface area contributed by atoms with Crippen LogP contribution in [0.4, 0.5) is 10.8 Å². The summed E-state index contributed by atoms with van der Waals surface area (Å²) in [5.41, 5.74) is 4.37. The van der Waals surface area contributed by atoms with Gasteiger partial charge in [0.2, 0.25) is 16.9 Å². The van der Waals surface area contributed by atoms with E-state index in [1.165, 1.54) is 22.5 Å². The predicted octanol–water partition coefficient (Wildman–Crippen LogP) is 5.50. The van der Waals surface area contributed by atoms with Crippen molar-refractivity contribution in [2.45, 2.75) is 38.6 Å². The van der Waals surface area contributed by atoms with Crippen molar-refractivity contribution in [2.24, 2.45) is 10.2 Å². The highest BCUT2D eigenvalue weighted by Gasteiger charge is 2.20. The van der Waals surface area contributed by atoms with E-state index in [0.717, 1.165) is 30.5 Å². The zero-order valence-electron chi connectivity index (χ0n) is 16.1. The van der Waals surface area contributed by atoms with Crippen molar-refractivity contribution in [3.8, 4) is 5.88 Å². The second-order valence-electron chi connectivity index (χ2n) is 7.16. The summed E-state index contributed by atoms with van der Waals surface area (Å²) in [6, 6.07) is 15.9. The van der Waals surface area contributed by atoms with Crippen LogP contribution in [0.2, 0.25) is 0 Å². The van der Waals surface area contributed by atoms with Gasteiger partial charge in [0, 0.05) is 5.69 Å². The van der Waals surface area contributed by atoms with Crippen molar-refractivity contribution in [2.75, 3.05) is 5.32 Å². The third kappa shape index (κ3) is 4.68. The highest BCUT2D eigenvalue weighted by Crippen LogP contribution is 2.35. The van der Waals surface area contributed by atoms with Gasteiger partial charge in [-0.2, -0.15) is 10.1 Å². The molecule has 0 radical (unpaired) electrons. The summed E-state index contributed by atoms with van der Waals surface area (Å²) in [6.07, 6.45) is 3.14. The molecule has 6 nitrogen and oxygen atoms in total. The van der Waals surface area contributed by atoms with Gasteiger partial charge in [-0.05, 0) is 49.4 Å². The molecule has 0 fully saturated rings. The van der Waals surface area contributed by atoms with E-state index < -0.39 is 0 Å². The first-order chi connectivity index (χ1) is 14.1. The first kappa shape index (κ1) is 19.3. The van der Waals surface area contributed by atoms with Crippen LogP contribution >= 0.6 is 11.3 Å². The molecular formula is C22H22N4O2S. The zero-order chi connectivity index (χ0) is 20.2. The van der Waals surface area contributed by atoms with E-state index in [9.17, 15) is 9.90 Å². The van der Waals surface area contributed by atoms with Crippen LogP contribution in [0.15, 0.2) is 58.8 Å². The summed E-state index contributed by atoms with van der Waals surface area (Å²) < 4.78 is 0. The topological polar surface area (TPSA) is 86.9 Å². The van der Waals surface area contributed by atoms with Gasteiger partial charge in [0.25, 0.3) is 0 Å². The third-order valence-electron chi connectivity index (χ3n) is 4.94. The molecule has 0 bridgehead atoms. The van der Waals surface area contributed by atoms with Gasteiger partial charge in [-0.1, -0.05) is 53.3 Å². The molecule has 1 atom stereocenters. The number of azo groups is 1. The Morgan fingerprint density at radius 2 is 2.03 bits per heavy atom. The van der Waals surface area contributed by atoms with E-state index in [0.29, 0.717) is 10.0 Å². The highest BCUT2D eigenvalue weighted by atomic mass is 32.1. The van der Waals surface area contributed by atoms with Crippen LogP contribution in [0.25, 0.3) is 0 Å². The van der Waals surface area contributed by atoms with Gasteiger partial charge in [-0.3, -0.25) is 4.79 Å². The largest absolute Gasteiger partial charge is 0.492 e. The third-order valence-corrected chi connectivity index (χ3v) is 5.87. The first-order valence-corrected chi connectivity index (χ1v) is 10.4. The van der Waals surface area contributed by atoms with Gasteiger partial charge < -0.3 is 10.4 Å². The Hall–Kier alpha value is -3.06. The molecule has 0 saturated heterocycles. The molecule has 2 aromatic carbocycles. The summed E-state index contributed by atoms with van der Waals surface area (Å²) in [6.45, 7) is 1.99. The molecule has 7 heteroatoms. The molecule has 0 spiro atoms. The van der Waals surface area contributed by atoms with Crippen LogP contribution in [0, 0.1) is 6.92 Å². The van der Waals surface area contributed by atoms with E-state index >= 15 is 0 Å². The molecule has 1 aliphatic rings. The van der Waals surface area contributed by atoms with Gasteiger partial charge in [-0.15, -0.1) is 5.11 Å². The molecule has 4 rings (SSSR count). The lowest BCUT2D eigenvalue weighted by Crippen LogP contribution is -2.13. The number of hydrogen-bond acceptors (Lipinski definition) is 6. The molecule has 1 unspecified atom stereocenters. The van der Waals surface area contributed by atoms with Crippen LogP contribution in [-0.4, -0.2) is 16.0 Å². The number of amides is 1. The predicted molar refractivity (Wildman–Crippen MR) is 114 cm³/mol. The average molecular weight is 407 g/mol. The van der Waals surface area contributed by atoms with Crippen molar-refractivity contribution >= 4 is 28.1 Å². The van der Waals surface area contributed by atoms with Crippen LogP contribution in [-0.2, 0) is 17.6 Å². The molecule has 148 valence electrons. The fourth-order valence-corrected chi connectivity index (χ4v) is 4.23. The Labute approximate surface area is 173 Å². The minimum absolute atomic E-state index is 0.0132. The maximum absolute atomic E-state index is 12.3.